The summed E-state index contributed by atoms with van der Waals surface area (Å²) >= 11 is 0. The van der Waals surface area contributed by atoms with Crippen LogP contribution in [0.1, 0.15) is 67.3 Å². The molecule has 0 aliphatic heterocycles. The summed E-state index contributed by atoms with van der Waals surface area (Å²) in [6.07, 6.45) is 31.5. The number of allylic oxidation sites excluding steroid dienone is 13. The molecule has 0 bridgehead atoms. The lowest BCUT2D eigenvalue weighted by Crippen LogP contribution is -2.16. The summed E-state index contributed by atoms with van der Waals surface area (Å²) in [5, 5.41) is 10.2. The van der Waals surface area contributed by atoms with E-state index in [2.05, 4.69) is 210 Å². The van der Waals surface area contributed by atoms with Gasteiger partial charge in [-0.05, 0) is 159 Å². The third kappa shape index (κ3) is 6.73. The standard InChI is InChI=1S/C62H50N2/c1-3-18-42(19-4-1)49-24-7-8-27-52(49)62-55-30-11-9-28-53(55)61(54-29-10-12-31-56(54)62)43-34-37-48(38-35-43)64-59-33-16-14-26-51(59)57-41-45(36-39-60(57)64)44-20-17-21-46(40-44)50-25-13-15-32-58(50)63-47-22-5-2-6-23-47/h2-3,5,7-14,17-22,24-31,34-41,63H,1,4,6,15-16,23,32-33H2. The topological polar surface area (TPSA) is 17.0 Å². The van der Waals surface area contributed by atoms with Gasteiger partial charge >= 0.3 is 0 Å². The minimum Gasteiger partial charge on any atom is -0.362 e. The number of benzene rings is 7. The molecule has 1 N–H and O–H groups in total. The van der Waals surface area contributed by atoms with E-state index < -0.39 is 0 Å². The number of hydrogen-bond acceptors (Lipinski definition) is 1. The third-order valence-electron chi connectivity index (χ3n) is 13.8. The van der Waals surface area contributed by atoms with Gasteiger partial charge < -0.3 is 9.88 Å². The molecule has 2 heteroatoms. The average molecular weight is 823 g/mol. The molecule has 12 rings (SSSR count). The first-order valence-electron chi connectivity index (χ1n) is 23.2. The molecule has 0 saturated carbocycles. The predicted molar refractivity (Wildman–Crippen MR) is 273 cm³/mol. The molecule has 0 atom stereocenters. The van der Waals surface area contributed by atoms with Gasteiger partial charge in [0.05, 0.1) is 5.52 Å². The van der Waals surface area contributed by atoms with Gasteiger partial charge in [-0.2, -0.15) is 0 Å². The molecule has 2 nitrogen and oxygen atoms in total. The lowest BCUT2D eigenvalue weighted by atomic mass is 9.83. The fourth-order valence-electron chi connectivity index (χ4n) is 10.8. The van der Waals surface area contributed by atoms with Crippen LogP contribution in [0.15, 0.2) is 206 Å². The molecule has 4 aliphatic rings. The first-order valence-corrected chi connectivity index (χ1v) is 23.2. The van der Waals surface area contributed by atoms with E-state index >= 15 is 0 Å². The van der Waals surface area contributed by atoms with E-state index in [0.717, 1.165) is 51.4 Å². The van der Waals surface area contributed by atoms with Crippen LogP contribution in [0.5, 0.6) is 0 Å². The maximum Gasteiger partial charge on any atom is 0.0538 e. The Morgan fingerprint density at radius 2 is 1.12 bits per heavy atom. The van der Waals surface area contributed by atoms with E-state index in [0.29, 0.717) is 0 Å². The number of nitrogens with zero attached hydrogens (tertiary/aromatic N) is 1. The number of nitrogens with one attached hydrogen (secondary N) is 1. The van der Waals surface area contributed by atoms with Crippen LogP contribution in [0, 0.1) is 0 Å². The maximum absolute atomic E-state index is 3.82. The minimum absolute atomic E-state index is 1.01. The molecule has 4 aliphatic carbocycles. The Balaban J connectivity index is 0.939. The third-order valence-corrected chi connectivity index (χ3v) is 13.8. The highest BCUT2D eigenvalue weighted by molar-refractivity contribution is 6.22. The second-order valence-corrected chi connectivity index (χ2v) is 17.6. The van der Waals surface area contributed by atoms with Crippen molar-refractivity contribution in [2.75, 3.05) is 0 Å². The van der Waals surface area contributed by atoms with Gasteiger partial charge in [-0.1, -0.05) is 164 Å². The normalized spacial score (nSPS) is 15.8. The van der Waals surface area contributed by atoms with Gasteiger partial charge in [-0.3, -0.25) is 0 Å². The average Bonchev–Trinajstić information content (AvgIpc) is 3.70. The van der Waals surface area contributed by atoms with Crippen molar-refractivity contribution in [3.05, 3.63) is 228 Å². The van der Waals surface area contributed by atoms with Crippen molar-refractivity contribution in [3.63, 3.8) is 0 Å². The number of aromatic nitrogens is 1. The monoisotopic (exact) mass is 822 g/mol. The van der Waals surface area contributed by atoms with Gasteiger partial charge in [0, 0.05) is 39.3 Å². The van der Waals surface area contributed by atoms with E-state index in [4.69, 9.17) is 0 Å². The molecule has 8 aromatic rings. The summed E-state index contributed by atoms with van der Waals surface area (Å²) in [5.41, 5.74) is 20.6. The van der Waals surface area contributed by atoms with Crippen molar-refractivity contribution in [2.24, 2.45) is 0 Å². The van der Waals surface area contributed by atoms with Gasteiger partial charge in [-0.15, -0.1) is 0 Å². The summed E-state index contributed by atoms with van der Waals surface area (Å²) in [5.74, 6) is 0. The van der Waals surface area contributed by atoms with Gasteiger partial charge in [0.1, 0.15) is 0 Å². The molecular weight excluding hydrogens is 773 g/mol. The zero-order chi connectivity index (χ0) is 42.4. The molecular formula is C62H50N2. The van der Waals surface area contributed by atoms with E-state index in [9.17, 15) is 0 Å². The van der Waals surface area contributed by atoms with Crippen LogP contribution >= 0.6 is 0 Å². The smallest absolute Gasteiger partial charge is 0.0538 e. The molecule has 64 heavy (non-hydrogen) atoms. The molecule has 1 heterocycles. The van der Waals surface area contributed by atoms with E-state index in [-0.39, 0.29) is 0 Å². The van der Waals surface area contributed by atoms with Crippen molar-refractivity contribution in [3.8, 4) is 39.1 Å². The highest BCUT2D eigenvalue weighted by Gasteiger charge is 2.22. The zero-order valence-electron chi connectivity index (χ0n) is 36.2. The highest BCUT2D eigenvalue weighted by Crippen LogP contribution is 2.46. The molecule has 0 radical (unpaired) electrons. The van der Waals surface area contributed by atoms with Crippen molar-refractivity contribution in [2.45, 2.75) is 51.4 Å². The highest BCUT2D eigenvalue weighted by atomic mass is 15.0. The van der Waals surface area contributed by atoms with Crippen molar-refractivity contribution < 1.29 is 0 Å². The van der Waals surface area contributed by atoms with Crippen LogP contribution in [0.25, 0.3) is 88.7 Å². The Labute approximate surface area is 376 Å². The zero-order valence-corrected chi connectivity index (χ0v) is 36.2. The molecule has 0 amide bonds. The van der Waals surface area contributed by atoms with Gasteiger partial charge in [0.2, 0.25) is 0 Å². The van der Waals surface area contributed by atoms with Crippen LogP contribution in [-0.4, -0.2) is 4.57 Å². The summed E-state index contributed by atoms with van der Waals surface area (Å²) in [7, 11) is 0. The van der Waals surface area contributed by atoms with Crippen molar-refractivity contribution >= 4 is 49.7 Å². The SMILES string of the molecule is C1=CCCC(NC2=C(c3cccc(-c4ccc5c(c4)c4c(n5-c5ccc(-c6c7ccccc7c(-c7ccccc7C7=CCCC=C7)c7ccccc67)cc5)CCC=C4)c3)C=CCC2)=C1. The lowest BCUT2D eigenvalue weighted by Gasteiger charge is -2.21. The van der Waals surface area contributed by atoms with E-state index in [1.165, 1.54) is 116 Å². The van der Waals surface area contributed by atoms with Crippen LogP contribution in [0.3, 0.4) is 0 Å². The molecule has 0 saturated heterocycles. The quantitative estimate of drug-likeness (QED) is 0.151. The van der Waals surface area contributed by atoms with Crippen LogP contribution < -0.4 is 5.32 Å². The molecule has 7 aromatic carbocycles. The second kappa shape index (κ2) is 16.4. The predicted octanol–water partition coefficient (Wildman–Crippen LogP) is 16.5. The molecule has 0 unspecified atom stereocenters. The van der Waals surface area contributed by atoms with Crippen LogP contribution in [-0.2, 0) is 6.42 Å². The summed E-state index contributed by atoms with van der Waals surface area (Å²) in [6.45, 7) is 0. The molecule has 0 spiro atoms. The van der Waals surface area contributed by atoms with Crippen molar-refractivity contribution in [1.82, 2.24) is 9.88 Å². The van der Waals surface area contributed by atoms with Gasteiger partial charge in [-0.25, -0.2) is 0 Å². The van der Waals surface area contributed by atoms with Gasteiger partial charge in [0.25, 0.3) is 0 Å². The Kier molecular flexibility index (Phi) is 9.79. The first kappa shape index (κ1) is 38.3. The summed E-state index contributed by atoms with van der Waals surface area (Å²) in [4.78, 5) is 0. The van der Waals surface area contributed by atoms with E-state index in [1.54, 1.807) is 0 Å². The fraction of sp³-hybridized carbons (Fsp3) is 0.129. The summed E-state index contributed by atoms with van der Waals surface area (Å²) < 4.78 is 2.52. The maximum atomic E-state index is 3.82. The van der Waals surface area contributed by atoms with Crippen LogP contribution in [0.4, 0.5) is 0 Å². The van der Waals surface area contributed by atoms with Gasteiger partial charge in [0.15, 0.2) is 0 Å². The lowest BCUT2D eigenvalue weighted by molar-refractivity contribution is 0.786. The first-order chi connectivity index (χ1) is 31.8. The Morgan fingerprint density at radius 1 is 0.453 bits per heavy atom. The Bertz CT molecular complexity index is 3330. The number of fused-ring (bicyclic) bond motifs is 5. The Hall–Kier alpha value is -7.42. The largest absolute Gasteiger partial charge is 0.362 e. The number of rotatable bonds is 8. The minimum atomic E-state index is 1.01. The second-order valence-electron chi connectivity index (χ2n) is 17.6. The van der Waals surface area contributed by atoms with E-state index in [1.807, 2.05) is 0 Å². The molecule has 0 fully saturated rings. The fourth-order valence-corrected chi connectivity index (χ4v) is 10.8. The summed E-state index contributed by atoms with van der Waals surface area (Å²) in [6, 6.07) is 52.7. The van der Waals surface area contributed by atoms with Crippen LogP contribution in [0.2, 0.25) is 0 Å². The Morgan fingerprint density at radius 3 is 1.89 bits per heavy atom. The van der Waals surface area contributed by atoms with Crippen molar-refractivity contribution in [1.29, 1.82) is 0 Å². The number of hydrogen-bond donors (Lipinski definition) is 1. The molecule has 308 valence electrons. The molecule has 1 aromatic heterocycles.